The third-order valence-corrected chi connectivity index (χ3v) is 3.30. The molecule has 0 bridgehead atoms. The Hall–Kier alpha value is -2.41. The minimum atomic E-state index is -0.760. The van der Waals surface area contributed by atoms with E-state index in [1.807, 2.05) is 0 Å². The molecule has 1 aliphatic rings. The Bertz CT molecular complexity index is 641. The first-order valence-electron chi connectivity index (χ1n) is 6.51. The summed E-state index contributed by atoms with van der Waals surface area (Å²) in [5.74, 6) is -1.98. The number of ether oxygens (including phenoxy) is 3. The number of rotatable bonds is 3. The predicted octanol–water partition coefficient (Wildman–Crippen LogP) is 1.53. The van der Waals surface area contributed by atoms with Gasteiger partial charge in [-0.3, -0.25) is 0 Å². The lowest BCUT2D eigenvalue weighted by molar-refractivity contribution is -0.140. The van der Waals surface area contributed by atoms with Gasteiger partial charge in [-0.05, 0) is 18.6 Å². The van der Waals surface area contributed by atoms with Gasteiger partial charge in [0.05, 0.1) is 32.1 Å². The van der Waals surface area contributed by atoms with Crippen LogP contribution in [-0.4, -0.2) is 39.5 Å². The summed E-state index contributed by atoms with van der Waals surface area (Å²) in [5, 5.41) is 0. The molecule has 0 aromatic heterocycles. The van der Waals surface area contributed by atoms with Crippen LogP contribution < -0.4 is 4.90 Å². The van der Waals surface area contributed by atoms with Crippen molar-refractivity contribution in [3.8, 4) is 0 Å². The Morgan fingerprint density at radius 3 is 2.55 bits per heavy atom. The minimum Gasteiger partial charge on any atom is -0.466 e. The van der Waals surface area contributed by atoms with E-state index in [0.717, 1.165) is 0 Å². The van der Waals surface area contributed by atoms with Gasteiger partial charge in [-0.1, -0.05) is 12.1 Å². The first-order chi connectivity index (χ1) is 10.5. The highest BCUT2D eigenvalue weighted by atomic mass is 19.1. The van der Waals surface area contributed by atoms with Gasteiger partial charge in [0.2, 0.25) is 0 Å². The molecule has 118 valence electrons. The molecule has 0 unspecified atom stereocenters. The third kappa shape index (κ3) is 2.80. The van der Waals surface area contributed by atoms with Crippen molar-refractivity contribution in [2.75, 3.05) is 32.5 Å². The highest BCUT2D eigenvalue weighted by Crippen LogP contribution is 2.29. The zero-order valence-electron chi connectivity index (χ0n) is 12.5. The number of benzene rings is 1. The maximum atomic E-state index is 14.3. The summed E-state index contributed by atoms with van der Waals surface area (Å²) in [4.78, 5) is 25.2. The van der Waals surface area contributed by atoms with Gasteiger partial charge in [-0.2, -0.15) is 0 Å². The molecule has 0 spiro atoms. The van der Waals surface area contributed by atoms with E-state index in [0.29, 0.717) is 5.56 Å². The largest absolute Gasteiger partial charge is 0.466 e. The van der Waals surface area contributed by atoms with Crippen molar-refractivity contribution in [1.29, 1.82) is 0 Å². The topological polar surface area (TPSA) is 65.1 Å². The number of esters is 2. The Kier molecular flexibility index (Phi) is 4.77. The molecule has 1 aromatic carbocycles. The van der Waals surface area contributed by atoms with Crippen molar-refractivity contribution in [3.63, 3.8) is 0 Å². The molecule has 6 nitrogen and oxygen atoms in total. The molecule has 0 atom stereocenters. The van der Waals surface area contributed by atoms with Crippen LogP contribution in [-0.2, 0) is 23.8 Å². The number of carbonyl (C=O) groups excluding carboxylic acids is 2. The molecule has 1 heterocycles. The van der Waals surface area contributed by atoms with Crippen LogP contribution in [0.3, 0.4) is 0 Å². The molecule has 0 amide bonds. The molecule has 1 aliphatic heterocycles. The molecule has 0 fully saturated rings. The second kappa shape index (κ2) is 6.57. The average Bonchev–Trinajstić information content (AvgIpc) is 2.55. The Labute approximate surface area is 127 Å². The molecule has 0 N–H and O–H groups in total. The zero-order valence-corrected chi connectivity index (χ0v) is 12.5. The molecule has 0 aliphatic carbocycles. The van der Waals surface area contributed by atoms with Gasteiger partial charge < -0.3 is 19.1 Å². The van der Waals surface area contributed by atoms with Gasteiger partial charge in [0.25, 0.3) is 0 Å². The van der Waals surface area contributed by atoms with E-state index < -0.39 is 17.8 Å². The fourth-order valence-corrected chi connectivity index (χ4v) is 2.17. The van der Waals surface area contributed by atoms with Crippen LogP contribution >= 0.6 is 0 Å². The highest BCUT2D eigenvalue weighted by Gasteiger charge is 2.33. The summed E-state index contributed by atoms with van der Waals surface area (Å²) in [6.07, 6.45) is 0. The Morgan fingerprint density at radius 1 is 1.23 bits per heavy atom. The van der Waals surface area contributed by atoms with Crippen molar-refractivity contribution in [1.82, 2.24) is 0 Å². The van der Waals surface area contributed by atoms with Gasteiger partial charge in [0.15, 0.2) is 0 Å². The summed E-state index contributed by atoms with van der Waals surface area (Å²) in [6, 6.07) is 4.75. The maximum Gasteiger partial charge on any atom is 0.355 e. The number of hydrogen-bond donors (Lipinski definition) is 0. The van der Waals surface area contributed by atoms with E-state index in [1.54, 1.807) is 19.1 Å². The van der Waals surface area contributed by atoms with E-state index >= 15 is 0 Å². The number of halogens is 1. The Morgan fingerprint density at radius 2 is 1.91 bits per heavy atom. The first kappa shape index (κ1) is 16.0. The van der Waals surface area contributed by atoms with Crippen LogP contribution in [0.15, 0.2) is 29.5 Å². The van der Waals surface area contributed by atoms with Crippen molar-refractivity contribution in [3.05, 3.63) is 40.8 Å². The van der Waals surface area contributed by atoms with Crippen molar-refractivity contribution in [2.24, 2.45) is 0 Å². The molecule has 2 rings (SSSR count). The summed E-state index contributed by atoms with van der Waals surface area (Å²) >= 11 is 0. The Balaban J connectivity index is 2.60. The van der Waals surface area contributed by atoms with Crippen LogP contribution in [0, 0.1) is 12.7 Å². The van der Waals surface area contributed by atoms with E-state index in [1.165, 1.54) is 25.2 Å². The summed E-state index contributed by atoms with van der Waals surface area (Å²) in [7, 11) is 2.38. The van der Waals surface area contributed by atoms with E-state index in [9.17, 15) is 14.0 Å². The number of methoxy groups -OCH3 is 2. The molecular formula is C15H16FNO5. The fraction of sp³-hybridized carbons (Fsp3) is 0.333. The summed E-state index contributed by atoms with van der Waals surface area (Å²) < 4.78 is 29.0. The highest BCUT2D eigenvalue weighted by molar-refractivity contribution is 6.03. The second-order valence-electron chi connectivity index (χ2n) is 4.62. The van der Waals surface area contributed by atoms with Crippen LogP contribution in [0.4, 0.5) is 10.1 Å². The van der Waals surface area contributed by atoms with Crippen molar-refractivity contribution < 1.29 is 28.2 Å². The molecular weight excluding hydrogens is 293 g/mol. The lowest BCUT2D eigenvalue weighted by Gasteiger charge is -2.31. The molecule has 1 aromatic rings. The number of carbonyl (C=O) groups is 2. The number of anilines is 1. The maximum absolute atomic E-state index is 14.3. The van der Waals surface area contributed by atoms with Gasteiger partial charge >= 0.3 is 11.9 Å². The average molecular weight is 309 g/mol. The van der Waals surface area contributed by atoms with Crippen LogP contribution in [0.5, 0.6) is 0 Å². The van der Waals surface area contributed by atoms with Crippen LogP contribution in [0.1, 0.15) is 5.56 Å². The van der Waals surface area contributed by atoms with Crippen LogP contribution in [0.2, 0.25) is 0 Å². The van der Waals surface area contributed by atoms with Gasteiger partial charge in [0.1, 0.15) is 18.2 Å². The van der Waals surface area contributed by atoms with Crippen LogP contribution in [0.25, 0.3) is 0 Å². The lowest BCUT2D eigenvalue weighted by atomic mass is 10.1. The molecule has 7 heteroatoms. The predicted molar refractivity (Wildman–Crippen MR) is 75.5 cm³/mol. The monoisotopic (exact) mass is 309 g/mol. The number of hydrogen-bond acceptors (Lipinski definition) is 6. The molecule has 0 radical (unpaired) electrons. The smallest absolute Gasteiger partial charge is 0.355 e. The quantitative estimate of drug-likeness (QED) is 0.789. The summed E-state index contributed by atoms with van der Waals surface area (Å²) in [6.45, 7) is 1.42. The van der Waals surface area contributed by atoms with Gasteiger partial charge in [-0.25, -0.2) is 14.0 Å². The summed E-state index contributed by atoms with van der Waals surface area (Å²) in [5.41, 5.74) is 0.444. The molecule has 0 saturated heterocycles. The second-order valence-corrected chi connectivity index (χ2v) is 4.62. The van der Waals surface area contributed by atoms with E-state index in [4.69, 9.17) is 9.47 Å². The standard InChI is InChI=1S/C15H16FNO5/c1-9-5-4-6-11(12(9)16)17-8-22-7-10(14(18)20-2)13(17)15(19)21-3/h4-6H,7-8H2,1-3H3. The lowest BCUT2D eigenvalue weighted by Crippen LogP contribution is -2.39. The van der Waals surface area contributed by atoms with Crippen molar-refractivity contribution >= 4 is 17.6 Å². The van der Waals surface area contributed by atoms with Crippen molar-refractivity contribution in [2.45, 2.75) is 6.92 Å². The SMILES string of the molecule is COC(=O)C1=C(C(=O)OC)N(c2cccc(C)c2F)COC1. The normalized spacial score (nSPS) is 14.8. The van der Waals surface area contributed by atoms with Gasteiger partial charge in [-0.15, -0.1) is 0 Å². The zero-order chi connectivity index (χ0) is 16.3. The van der Waals surface area contributed by atoms with E-state index in [2.05, 4.69) is 4.74 Å². The fourth-order valence-electron chi connectivity index (χ4n) is 2.17. The first-order valence-corrected chi connectivity index (χ1v) is 6.51. The van der Waals surface area contributed by atoms with E-state index in [-0.39, 0.29) is 30.3 Å². The number of nitrogens with zero attached hydrogens (tertiary/aromatic N) is 1. The molecule has 0 saturated carbocycles. The minimum absolute atomic E-state index is 0.0125. The molecule has 22 heavy (non-hydrogen) atoms. The third-order valence-electron chi connectivity index (χ3n) is 3.30. The number of aryl methyl sites for hydroxylation is 1. The van der Waals surface area contributed by atoms with Gasteiger partial charge in [0, 0.05) is 0 Å².